The Bertz CT molecular complexity index is 286. The molecule has 0 atom stereocenters. The molecule has 2 N–H and O–H groups in total. The first-order valence-electron chi connectivity index (χ1n) is 3.75. The van der Waals surface area contributed by atoms with Crippen LogP contribution in [0, 0.1) is 0 Å². The number of nitrogens with zero attached hydrogens (tertiary/aromatic N) is 2. The van der Waals surface area contributed by atoms with E-state index < -0.39 is 0 Å². The number of anilines is 1. The van der Waals surface area contributed by atoms with E-state index in [0.29, 0.717) is 11.7 Å². The van der Waals surface area contributed by atoms with Crippen LogP contribution in [0.15, 0.2) is 12.4 Å². The Kier molecular flexibility index (Phi) is 3.63. The highest BCUT2D eigenvalue weighted by atomic mass is 32.2. The third-order valence-corrected chi connectivity index (χ3v) is 1.96. The van der Waals surface area contributed by atoms with Crippen molar-refractivity contribution in [1.29, 1.82) is 0 Å². The standard InChI is InChI=1S/C7H12N4OS/c1-11-4-3-8-7(11)10-9-6(12)5-13-2/h3-4H,5H2,1-2H3,(H,8,10)(H,9,12). The lowest BCUT2D eigenvalue weighted by Crippen LogP contribution is -2.31. The number of hydrogen-bond acceptors (Lipinski definition) is 4. The van der Waals surface area contributed by atoms with E-state index >= 15 is 0 Å². The average Bonchev–Trinajstić information content (AvgIpc) is 2.48. The predicted octanol–water partition coefficient (Wildman–Crippen LogP) is 0.226. The molecule has 0 fully saturated rings. The summed E-state index contributed by atoms with van der Waals surface area (Å²) in [6.45, 7) is 0. The van der Waals surface area contributed by atoms with Crippen LogP contribution < -0.4 is 10.9 Å². The normalized spacial score (nSPS) is 9.69. The van der Waals surface area contributed by atoms with E-state index in [2.05, 4.69) is 15.8 Å². The second-order valence-corrected chi connectivity index (χ2v) is 3.33. The minimum atomic E-state index is -0.0597. The van der Waals surface area contributed by atoms with Gasteiger partial charge in [0.2, 0.25) is 11.9 Å². The minimum absolute atomic E-state index is 0.0597. The number of amides is 1. The zero-order valence-corrected chi connectivity index (χ0v) is 8.39. The predicted molar refractivity (Wildman–Crippen MR) is 53.4 cm³/mol. The first-order valence-corrected chi connectivity index (χ1v) is 5.14. The molecule has 0 spiro atoms. The highest BCUT2D eigenvalue weighted by Gasteiger charge is 2.00. The van der Waals surface area contributed by atoms with Gasteiger partial charge in [0.05, 0.1) is 5.75 Å². The van der Waals surface area contributed by atoms with Gasteiger partial charge in [0, 0.05) is 19.4 Å². The van der Waals surface area contributed by atoms with Gasteiger partial charge in [-0.3, -0.25) is 15.6 Å². The second kappa shape index (κ2) is 4.76. The topological polar surface area (TPSA) is 59.0 Å². The average molecular weight is 200 g/mol. The highest BCUT2D eigenvalue weighted by molar-refractivity contribution is 7.99. The summed E-state index contributed by atoms with van der Waals surface area (Å²) in [6.07, 6.45) is 5.33. The van der Waals surface area contributed by atoms with E-state index in [4.69, 9.17) is 0 Å². The third-order valence-electron chi connectivity index (χ3n) is 1.41. The first-order chi connectivity index (χ1) is 6.24. The van der Waals surface area contributed by atoms with Crippen molar-refractivity contribution < 1.29 is 4.79 Å². The van der Waals surface area contributed by atoms with Crippen LogP contribution in [0.25, 0.3) is 0 Å². The summed E-state index contributed by atoms with van der Waals surface area (Å²) < 4.78 is 1.78. The Morgan fingerprint density at radius 1 is 1.77 bits per heavy atom. The number of carbonyl (C=O) groups is 1. The summed E-state index contributed by atoms with van der Waals surface area (Å²) in [5.74, 6) is 1.00. The van der Waals surface area contributed by atoms with Gasteiger partial charge in [0.25, 0.3) is 0 Å². The van der Waals surface area contributed by atoms with Crippen molar-refractivity contribution in [2.45, 2.75) is 0 Å². The first kappa shape index (κ1) is 9.91. The molecule has 0 aliphatic rings. The Morgan fingerprint density at radius 2 is 2.54 bits per heavy atom. The zero-order valence-electron chi connectivity index (χ0n) is 7.57. The molecule has 0 aromatic carbocycles. The second-order valence-electron chi connectivity index (χ2n) is 2.47. The van der Waals surface area contributed by atoms with Crippen LogP contribution in [0.2, 0.25) is 0 Å². The molecule has 1 aromatic heterocycles. The van der Waals surface area contributed by atoms with Crippen LogP contribution in [-0.4, -0.2) is 27.5 Å². The summed E-state index contributed by atoms with van der Waals surface area (Å²) in [4.78, 5) is 15.0. The molecule has 0 bridgehead atoms. The number of thioether (sulfide) groups is 1. The minimum Gasteiger partial charge on any atom is -0.319 e. The van der Waals surface area contributed by atoms with Crippen molar-refractivity contribution in [3.05, 3.63) is 12.4 Å². The number of aryl methyl sites for hydroxylation is 1. The molecular formula is C7H12N4OS. The van der Waals surface area contributed by atoms with Crippen molar-refractivity contribution in [1.82, 2.24) is 15.0 Å². The van der Waals surface area contributed by atoms with Gasteiger partial charge in [-0.25, -0.2) is 4.98 Å². The van der Waals surface area contributed by atoms with Gasteiger partial charge in [-0.15, -0.1) is 0 Å². The fraction of sp³-hybridized carbons (Fsp3) is 0.429. The summed E-state index contributed by atoms with van der Waals surface area (Å²) in [5.41, 5.74) is 5.25. The quantitative estimate of drug-likeness (QED) is 0.683. The van der Waals surface area contributed by atoms with Gasteiger partial charge in [0.15, 0.2) is 0 Å². The van der Waals surface area contributed by atoms with Gasteiger partial charge in [0.1, 0.15) is 0 Å². The number of imidazole rings is 1. The maximum absolute atomic E-state index is 11.0. The molecule has 13 heavy (non-hydrogen) atoms. The molecule has 0 saturated heterocycles. The molecule has 1 amide bonds. The molecule has 5 nitrogen and oxygen atoms in total. The van der Waals surface area contributed by atoms with Crippen molar-refractivity contribution in [2.75, 3.05) is 17.4 Å². The van der Waals surface area contributed by atoms with Crippen molar-refractivity contribution in [2.24, 2.45) is 7.05 Å². The van der Waals surface area contributed by atoms with E-state index in [1.165, 1.54) is 11.8 Å². The van der Waals surface area contributed by atoms with Crippen molar-refractivity contribution in [3.63, 3.8) is 0 Å². The molecular weight excluding hydrogens is 188 g/mol. The van der Waals surface area contributed by atoms with E-state index in [1.807, 2.05) is 13.3 Å². The number of rotatable bonds is 4. The maximum Gasteiger partial charge on any atom is 0.248 e. The molecule has 0 unspecified atom stereocenters. The van der Waals surface area contributed by atoms with Gasteiger partial charge in [-0.05, 0) is 6.26 Å². The number of hydrogen-bond donors (Lipinski definition) is 2. The van der Waals surface area contributed by atoms with Crippen LogP contribution >= 0.6 is 11.8 Å². The van der Waals surface area contributed by atoms with Gasteiger partial charge < -0.3 is 4.57 Å². The van der Waals surface area contributed by atoms with Crippen molar-refractivity contribution >= 4 is 23.6 Å². The largest absolute Gasteiger partial charge is 0.319 e. The molecule has 6 heteroatoms. The molecule has 0 aliphatic heterocycles. The van der Waals surface area contributed by atoms with Gasteiger partial charge in [-0.2, -0.15) is 11.8 Å². The third kappa shape index (κ3) is 2.98. The molecule has 1 aromatic rings. The molecule has 1 rings (SSSR count). The number of nitrogens with one attached hydrogen (secondary N) is 2. The molecule has 0 aliphatic carbocycles. The summed E-state index contributed by atoms with van der Waals surface area (Å²) in [7, 11) is 1.84. The van der Waals surface area contributed by atoms with Crippen LogP contribution in [0.1, 0.15) is 0 Å². The van der Waals surface area contributed by atoms with Crippen LogP contribution in [0.5, 0.6) is 0 Å². The summed E-state index contributed by atoms with van der Waals surface area (Å²) in [6, 6.07) is 0. The Balaban J connectivity index is 2.35. The lowest BCUT2D eigenvalue weighted by molar-refractivity contribution is -0.118. The Labute approximate surface area is 80.9 Å². The monoisotopic (exact) mass is 200 g/mol. The lowest BCUT2D eigenvalue weighted by Gasteiger charge is -2.06. The fourth-order valence-electron chi connectivity index (χ4n) is 0.779. The maximum atomic E-state index is 11.0. The number of aromatic nitrogens is 2. The highest BCUT2D eigenvalue weighted by Crippen LogP contribution is 1.98. The summed E-state index contributed by atoms with van der Waals surface area (Å²) in [5, 5.41) is 0. The summed E-state index contributed by atoms with van der Waals surface area (Å²) >= 11 is 1.47. The lowest BCUT2D eigenvalue weighted by atomic mass is 10.7. The van der Waals surface area contributed by atoms with Gasteiger partial charge >= 0.3 is 0 Å². The number of carbonyl (C=O) groups excluding carboxylic acids is 1. The Morgan fingerprint density at radius 3 is 3.08 bits per heavy atom. The van der Waals surface area contributed by atoms with E-state index in [1.54, 1.807) is 17.0 Å². The SMILES string of the molecule is CSCC(=O)NNc1nccn1C. The molecule has 0 radical (unpaired) electrons. The molecule has 0 saturated carbocycles. The zero-order chi connectivity index (χ0) is 9.68. The van der Waals surface area contributed by atoms with Crippen LogP contribution in [-0.2, 0) is 11.8 Å². The number of hydrazine groups is 1. The molecule has 72 valence electrons. The smallest absolute Gasteiger partial charge is 0.248 e. The van der Waals surface area contributed by atoms with Crippen molar-refractivity contribution in [3.8, 4) is 0 Å². The van der Waals surface area contributed by atoms with E-state index in [-0.39, 0.29) is 5.91 Å². The molecule has 1 heterocycles. The van der Waals surface area contributed by atoms with E-state index in [0.717, 1.165) is 0 Å². The van der Waals surface area contributed by atoms with E-state index in [9.17, 15) is 4.79 Å². The van der Waals surface area contributed by atoms with Crippen LogP contribution in [0.3, 0.4) is 0 Å². The van der Waals surface area contributed by atoms with Crippen LogP contribution in [0.4, 0.5) is 5.95 Å². The van der Waals surface area contributed by atoms with Gasteiger partial charge in [-0.1, -0.05) is 0 Å². The Hall–Kier alpha value is -1.17. The fourth-order valence-corrected chi connectivity index (χ4v) is 1.11.